The molecule has 6 aromatic rings. The molecule has 0 bridgehead atoms. The number of carbonyl (C=O) groups is 1. The molecule has 0 aliphatic carbocycles. The number of para-hydroxylation sites is 1. The maximum Gasteiger partial charge on any atom is 0.354 e. The van der Waals surface area contributed by atoms with Crippen molar-refractivity contribution in [3.8, 4) is 11.3 Å². The first-order chi connectivity index (χ1) is 16.5. The Morgan fingerprint density at radius 2 is 1.63 bits per heavy atom. The number of rotatable bonds is 2. The molecule has 3 heterocycles. The Balaban J connectivity index is 0.000000247. The average Bonchev–Trinajstić information content (AvgIpc) is 3.24. The van der Waals surface area contributed by atoms with Gasteiger partial charge >= 0.3 is 5.97 Å². The molecule has 175 valence electrons. The molecule has 1 N–H and O–H groups in total. The summed E-state index contributed by atoms with van der Waals surface area (Å²) in [6.07, 6.45) is 1.45. The summed E-state index contributed by atoms with van der Waals surface area (Å²) in [5.41, 5.74) is 5.64. The molecule has 0 atom stereocenters. The third kappa shape index (κ3) is 5.01. The molecule has 0 unspecified atom stereocenters. The summed E-state index contributed by atoms with van der Waals surface area (Å²) in [6, 6.07) is 29.7. The first-order valence-electron chi connectivity index (χ1n) is 10.9. The Kier molecular flexibility index (Phi) is 7.36. The van der Waals surface area contributed by atoms with Crippen molar-refractivity contribution in [3.63, 3.8) is 0 Å². The smallest absolute Gasteiger partial charge is 0.354 e. The Hall–Kier alpha value is -3.44. The number of pyridine rings is 2. The van der Waals surface area contributed by atoms with E-state index in [4.69, 9.17) is 10.1 Å². The van der Waals surface area contributed by atoms with Gasteiger partial charge in [0.15, 0.2) is 0 Å². The first kappa shape index (κ1) is 24.7. The molecule has 0 saturated carbocycles. The summed E-state index contributed by atoms with van der Waals surface area (Å²) in [5.74, 6) is -0.990. The van der Waals surface area contributed by atoms with Crippen LogP contribution in [0.25, 0.3) is 42.3 Å². The monoisotopic (exact) mass is 654 g/mol. The van der Waals surface area contributed by atoms with Crippen molar-refractivity contribution in [1.29, 1.82) is 0 Å². The summed E-state index contributed by atoms with van der Waals surface area (Å²) in [5, 5.41) is 12.1. The third-order valence-electron chi connectivity index (χ3n) is 5.50. The number of hydrogen-bond acceptors (Lipinski definition) is 4. The Morgan fingerprint density at radius 3 is 2.31 bits per heavy atom. The van der Waals surface area contributed by atoms with Crippen LogP contribution in [0, 0.1) is 19.9 Å². The molecular formula is C29H21IrN2O2S-. The second-order valence-corrected chi connectivity index (χ2v) is 9.11. The zero-order valence-electron chi connectivity index (χ0n) is 19.1. The first-order valence-corrected chi connectivity index (χ1v) is 11.7. The molecular weight excluding hydrogens is 633 g/mol. The molecule has 0 fully saturated rings. The van der Waals surface area contributed by atoms with Gasteiger partial charge in [-0.25, -0.2) is 9.78 Å². The van der Waals surface area contributed by atoms with Gasteiger partial charge in [0, 0.05) is 41.1 Å². The van der Waals surface area contributed by atoms with Crippen LogP contribution in [0.4, 0.5) is 0 Å². The van der Waals surface area contributed by atoms with Crippen LogP contribution in [-0.4, -0.2) is 21.0 Å². The number of carboxylic acid groups (broad SMARTS) is 1. The van der Waals surface area contributed by atoms with Gasteiger partial charge < -0.3 is 5.11 Å². The van der Waals surface area contributed by atoms with E-state index in [1.807, 2.05) is 11.3 Å². The SMILES string of the molecule is Cc1[c-]c(-c2nc3ccccc3c3sc4ccccc4c23)cc(C)c1.O=C(O)c1ccccn1.[Ir]. The van der Waals surface area contributed by atoms with Gasteiger partial charge in [0.05, 0.1) is 5.52 Å². The van der Waals surface area contributed by atoms with Crippen LogP contribution < -0.4 is 0 Å². The number of benzene rings is 3. The topological polar surface area (TPSA) is 63.1 Å². The molecule has 4 nitrogen and oxygen atoms in total. The van der Waals surface area contributed by atoms with Crippen molar-refractivity contribution in [2.45, 2.75) is 13.8 Å². The number of hydrogen-bond donors (Lipinski definition) is 1. The van der Waals surface area contributed by atoms with Crippen LogP contribution >= 0.6 is 11.3 Å². The van der Waals surface area contributed by atoms with E-state index in [2.05, 4.69) is 85.6 Å². The zero-order valence-corrected chi connectivity index (χ0v) is 22.3. The fourth-order valence-corrected chi connectivity index (χ4v) is 5.35. The summed E-state index contributed by atoms with van der Waals surface area (Å²) in [7, 11) is 0. The van der Waals surface area contributed by atoms with E-state index in [0.717, 1.165) is 22.3 Å². The Morgan fingerprint density at radius 1 is 0.914 bits per heavy atom. The molecule has 1 radical (unpaired) electrons. The van der Waals surface area contributed by atoms with Crippen molar-refractivity contribution < 1.29 is 30.0 Å². The van der Waals surface area contributed by atoms with E-state index in [-0.39, 0.29) is 25.8 Å². The number of nitrogens with zero attached hydrogens (tertiary/aromatic N) is 2. The van der Waals surface area contributed by atoms with Crippen LogP contribution in [-0.2, 0) is 20.1 Å². The van der Waals surface area contributed by atoms with Gasteiger partial charge in [-0.3, -0.25) is 4.98 Å². The summed E-state index contributed by atoms with van der Waals surface area (Å²) < 4.78 is 2.62. The molecule has 0 saturated heterocycles. The quantitative estimate of drug-likeness (QED) is 0.197. The van der Waals surface area contributed by atoms with Crippen molar-refractivity contribution in [2.24, 2.45) is 0 Å². The Labute approximate surface area is 220 Å². The average molecular weight is 654 g/mol. The number of thiophene rings is 1. The second-order valence-electron chi connectivity index (χ2n) is 8.05. The number of aromatic nitrogens is 2. The van der Waals surface area contributed by atoms with Crippen LogP contribution in [0.2, 0.25) is 0 Å². The number of carboxylic acids is 1. The molecule has 6 rings (SSSR count). The molecule has 6 heteroatoms. The molecule has 0 spiro atoms. The van der Waals surface area contributed by atoms with Gasteiger partial charge in [0.1, 0.15) is 5.69 Å². The second kappa shape index (κ2) is 10.4. The molecule has 3 aromatic heterocycles. The fraction of sp³-hybridized carbons (Fsp3) is 0.0690. The van der Waals surface area contributed by atoms with Gasteiger partial charge in [0.25, 0.3) is 0 Å². The summed E-state index contributed by atoms with van der Waals surface area (Å²) in [4.78, 5) is 18.8. The number of fused-ring (bicyclic) bond motifs is 5. The van der Waals surface area contributed by atoms with Crippen LogP contribution in [0.15, 0.2) is 85.1 Å². The normalized spacial score (nSPS) is 10.6. The summed E-state index contributed by atoms with van der Waals surface area (Å²) in [6.45, 7) is 4.23. The van der Waals surface area contributed by atoms with Gasteiger partial charge in [-0.1, -0.05) is 56.3 Å². The van der Waals surface area contributed by atoms with Gasteiger partial charge in [-0.15, -0.1) is 46.2 Å². The number of aryl methyl sites for hydroxylation is 2. The maximum atomic E-state index is 10.1. The maximum absolute atomic E-state index is 10.1. The van der Waals surface area contributed by atoms with Gasteiger partial charge in [-0.2, -0.15) is 0 Å². The van der Waals surface area contributed by atoms with E-state index in [9.17, 15) is 4.79 Å². The van der Waals surface area contributed by atoms with Gasteiger partial charge in [-0.05, 0) is 40.7 Å². The number of aromatic carboxylic acids is 1. The van der Waals surface area contributed by atoms with Crippen molar-refractivity contribution in [3.05, 3.63) is 108 Å². The minimum absolute atomic E-state index is 0. The molecule has 0 aliphatic rings. The minimum Gasteiger partial charge on any atom is -0.477 e. The third-order valence-corrected chi connectivity index (χ3v) is 6.70. The van der Waals surface area contributed by atoms with Crippen molar-refractivity contribution in [1.82, 2.24) is 9.97 Å². The predicted octanol–water partition coefficient (Wildman–Crippen LogP) is 7.46. The largest absolute Gasteiger partial charge is 0.477 e. The van der Waals surface area contributed by atoms with Gasteiger partial charge in [0.2, 0.25) is 0 Å². The summed E-state index contributed by atoms with van der Waals surface area (Å²) >= 11 is 1.85. The minimum atomic E-state index is -0.990. The van der Waals surface area contributed by atoms with E-state index in [1.165, 1.54) is 43.4 Å². The van der Waals surface area contributed by atoms with Crippen molar-refractivity contribution in [2.75, 3.05) is 0 Å². The van der Waals surface area contributed by atoms with Crippen molar-refractivity contribution >= 4 is 48.4 Å². The van der Waals surface area contributed by atoms with E-state index < -0.39 is 5.97 Å². The van der Waals surface area contributed by atoms with E-state index >= 15 is 0 Å². The van der Waals surface area contributed by atoms with E-state index in [0.29, 0.717) is 0 Å². The molecule has 0 aliphatic heterocycles. The van der Waals surface area contributed by atoms with Crippen LogP contribution in [0.1, 0.15) is 21.6 Å². The predicted molar refractivity (Wildman–Crippen MR) is 140 cm³/mol. The fourth-order valence-electron chi connectivity index (χ4n) is 4.12. The van der Waals surface area contributed by atoms with Crippen LogP contribution in [0.3, 0.4) is 0 Å². The standard InChI is InChI=1S/C23H16NS.C6H5NO2.Ir/c1-14-11-15(2)13-16(12-14)22-21-18-8-4-6-10-20(18)25-23(21)17-7-3-5-9-19(17)24-22;8-6(9)5-3-1-2-4-7-5;/h3-12H,1-2H3;1-4H,(H,8,9);/q-1;;. The molecule has 3 aromatic carbocycles. The Bertz CT molecular complexity index is 1640. The molecule has 0 amide bonds. The van der Waals surface area contributed by atoms with E-state index in [1.54, 1.807) is 12.1 Å². The molecule has 35 heavy (non-hydrogen) atoms. The van der Waals surface area contributed by atoms with Crippen LogP contribution in [0.5, 0.6) is 0 Å². The zero-order chi connectivity index (χ0) is 23.7.